The Kier molecular flexibility index (Phi) is 5.20. The summed E-state index contributed by atoms with van der Waals surface area (Å²) in [5, 5.41) is 0. The van der Waals surface area contributed by atoms with E-state index in [2.05, 4.69) is 58.1 Å². The van der Waals surface area contributed by atoms with Crippen molar-refractivity contribution in [3.05, 3.63) is 65.5 Å². The summed E-state index contributed by atoms with van der Waals surface area (Å²) < 4.78 is 0. The van der Waals surface area contributed by atoms with Crippen molar-refractivity contribution >= 4 is 0 Å². The molecule has 2 aromatic rings. The van der Waals surface area contributed by atoms with Gasteiger partial charge in [-0.1, -0.05) is 36.4 Å². The fourth-order valence-electron chi connectivity index (χ4n) is 3.00. The monoisotopic (exact) mass is 295 g/mol. The largest absolute Gasteiger partial charge is 0.300 e. The minimum absolute atomic E-state index is 0.985. The molecule has 3 heteroatoms. The predicted octanol–water partition coefficient (Wildman–Crippen LogP) is 2.75. The lowest BCUT2D eigenvalue weighted by Crippen LogP contribution is -2.46. The molecule has 0 amide bonds. The van der Waals surface area contributed by atoms with E-state index >= 15 is 0 Å². The fraction of sp³-hybridized carbons (Fsp3) is 0.421. The highest BCUT2D eigenvalue weighted by Gasteiger charge is 2.17. The third-order valence-electron chi connectivity index (χ3n) is 4.52. The van der Waals surface area contributed by atoms with E-state index in [4.69, 9.17) is 0 Å². The van der Waals surface area contributed by atoms with Crippen molar-refractivity contribution in [1.82, 2.24) is 14.8 Å². The van der Waals surface area contributed by atoms with Gasteiger partial charge in [0.05, 0.1) is 5.69 Å². The SMILES string of the molecule is Cc1cccnc1CN1CCN(CCc2ccccc2)CC1. The summed E-state index contributed by atoms with van der Waals surface area (Å²) in [4.78, 5) is 9.61. The van der Waals surface area contributed by atoms with E-state index in [1.54, 1.807) is 0 Å². The molecule has 0 unspecified atom stereocenters. The first-order chi connectivity index (χ1) is 10.8. The molecule has 0 radical (unpaired) electrons. The van der Waals surface area contributed by atoms with Crippen molar-refractivity contribution in [2.45, 2.75) is 19.9 Å². The van der Waals surface area contributed by atoms with Crippen molar-refractivity contribution in [2.75, 3.05) is 32.7 Å². The van der Waals surface area contributed by atoms with Crippen LogP contribution in [-0.2, 0) is 13.0 Å². The van der Waals surface area contributed by atoms with Crippen molar-refractivity contribution in [3.8, 4) is 0 Å². The first-order valence-corrected chi connectivity index (χ1v) is 8.20. The van der Waals surface area contributed by atoms with Gasteiger partial charge in [-0.3, -0.25) is 9.88 Å². The normalized spacial score (nSPS) is 16.8. The van der Waals surface area contributed by atoms with E-state index < -0.39 is 0 Å². The summed E-state index contributed by atoms with van der Waals surface area (Å²) in [5.41, 5.74) is 3.96. The first-order valence-electron chi connectivity index (χ1n) is 8.20. The van der Waals surface area contributed by atoms with Gasteiger partial charge in [0.15, 0.2) is 0 Å². The van der Waals surface area contributed by atoms with E-state index in [1.807, 2.05) is 12.3 Å². The number of pyridine rings is 1. The highest BCUT2D eigenvalue weighted by molar-refractivity contribution is 5.17. The molecule has 3 nitrogen and oxygen atoms in total. The molecule has 0 atom stereocenters. The van der Waals surface area contributed by atoms with E-state index in [0.29, 0.717) is 0 Å². The van der Waals surface area contributed by atoms with Gasteiger partial charge in [-0.15, -0.1) is 0 Å². The molecule has 3 rings (SSSR count). The maximum atomic E-state index is 4.51. The summed E-state index contributed by atoms with van der Waals surface area (Å²) in [6, 6.07) is 15.0. The maximum absolute atomic E-state index is 4.51. The number of rotatable bonds is 5. The number of piperazine rings is 1. The number of benzene rings is 1. The Balaban J connectivity index is 1.44. The minimum atomic E-state index is 0.985. The lowest BCUT2D eigenvalue weighted by molar-refractivity contribution is 0.127. The minimum Gasteiger partial charge on any atom is -0.300 e. The molecular formula is C19H25N3. The Morgan fingerprint density at radius 3 is 2.36 bits per heavy atom. The summed E-state index contributed by atoms with van der Waals surface area (Å²) in [5.74, 6) is 0. The second-order valence-corrected chi connectivity index (χ2v) is 6.12. The van der Waals surface area contributed by atoms with Crippen LogP contribution in [0.25, 0.3) is 0 Å². The number of nitrogens with zero attached hydrogens (tertiary/aromatic N) is 3. The molecular weight excluding hydrogens is 270 g/mol. The van der Waals surface area contributed by atoms with Crippen LogP contribution >= 0.6 is 0 Å². The molecule has 1 aromatic heterocycles. The summed E-state index contributed by atoms with van der Waals surface area (Å²) in [7, 11) is 0. The van der Waals surface area contributed by atoms with Crippen LogP contribution in [0.3, 0.4) is 0 Å². The average Bonchev–Trinajstić information content (AvgIpc) is 2.57. The van der Waals surface area contributed by atoms with E-state index in [0.717, 1.165) is 26.1 Å². The Morgan fingerprint density at radius 1 is 0.909 bits per heavy atom. The maximum Gasteiger partial charge on any atom is 0.0573 e. The van der Waals surface area contributed by atoms with Crippen LogP contribution in [0.2, 0.25) is 0 Å². The van der Waals surface area contributed by atoms with Crippen molar-refractivity contribution in [2.24, 2.45) is 0 Å². The zero-order chi connectivity index (χ0) is 15.2. The van der Waals surface area contributed by atoms with E-state index in [-0.39, 0.29) is 0 Å². The van der Waals surface area contributed by atoms with Gasteiger partial charge in [-0.25, -0.2) is 0 Å². The van der Waals surface area contributed by atoms with Crippen LogP contribution in [0.1, 0.15) is 16.8 Å². The van der Waals surface area contributed by atoms with E-state index in [9.17, 15) is 0 Å². The molecule has 1 aliphatic heterocycles. The quantitative estimate of drug-likeness (QED) is 0.845. The van der Waals surface area contributed by atoms with Crippen LogP contribution in [0.4, 0.5) is 0 Å². The van der Waals surface area contributed by atoms with Crippen LogP contribution in [0.15, 0.2) is 48.7 Å². The summed E-state index contributed by atoms with van der Waals surface area (Å²) >= 11 is 0. The average molecular weight is 295 g/mol. The highest BCUT2D eigenvalue weighted by atomic mass is 15.3. The fourth-order valence-corrected chi connectivity index (χ4v) is 3.00. The molecule has 1 fully saturated rings. The Hall–Kier alpha value is -1.71. The van der Waals surface area contributed by atoms with Gasteiger partial charge in [0, 0.05) is 45.5 Å². The molecule has 1 aromatic carbocycles. The second kappa shape index (κ2) is 7.52. The van der Waals surface area contributed by atoms with Gasteiger partial charge in [-0.2, -0.15) is 0 Å². The van der Waals surface area contributed by atoms with E-state index in [1.165, 1.54) is 36.5 Å². The Bertz CT molecular complexity index is 574. The summed E-state index contributed by atoms with van der Waals surface area (Å²) in [6.45, 7) is 8.92. The van der Waals surface area contributed by atoms with Gasteiger partial charge in [0.2, 0.25) is 0 Å². The Labute approximate surface area is 133 Å². The predicted molar refractivity (Wildman–Crippen MR) is 90.8 cm³/mol. The zero-order valence-electron chi connectivity index (χ0n) is 13.4. The molecule has 0 aliphatic carbocycles. The molecule has 0 bridgehead atoms. The molecule has 1 aliphatic rings. The second-order valence-electron chi connectivity index (χ2n) is 6.12. The molecule has 0 N–H and O–H groups in total. The van der Waals surface area contributed by atoms with Crippen LogP contribution < -0.4 is 0 Å². The van der Waals surface area contributed by atoms with Gasteiger partial charge in [-0.05, 0) is 30.5 Å². The van der Waals surface area contributed by atoms with Gasteiger partial charge < -0.3 is 4.90 Å². The molecule has 22 heavy (non-hydrogen) atoms. The van der Waals surface area contributed by atoms with Crippen molar-refractivity contribution < 1.29 is 0 Å². The number of aryl methyl sites for hydroxylation is 1. The molecule has 0 saturated carbocycles. The lowest BCUT2D eigenvalue weighted by Gasteiger charge is -2.34. The molecule has 0 spiro atoms. The molecule has 116 valence electrons. The van der Waals surface area contributed by atoms with Crippen LogP contribution in [0, 0.1) is 6.92 Å². The van der Waals surface area contributed by atoms with Crippen molar-refractivity contribution in [3.63, 3.8) is 0 Å². The number of aromatic nitrogens is 1. The van der Waals surface area contributed by atoms with Crippen LogP contribution in [0.5, 0.6) is 0 Å². The number of hydrogen-bond acceptors (Lipinski definition) is 3. The Morgan fingerprint density at radius 2 is 1.64 bits per heavy atom. The summed E-state index contributed by atoms with van der Waals surface area (Å²) in [6.07, 6.45) is 3.05. The molecule has 2 heterocycles. The van der Waals surface area contributed by atoms with Gasteiger partial charge >= 0.3 is 0 Å². The third-order valence-corrected chi connectivity index (χ3v) is 4.52. The van der Waals surface area contributed by atoms with Crippen LogP contribution in [-0.4, -0.2) is 47.5 Å². The first kappa shape index (κ1) is 15.2. The van der Waals surface area contributed by atoms with Gasteiger partial charge in [0.25, 0.3) is 0 Å². The third kappa shape index (κ3) is 4.15. The topological polar surface area (TPSA) is 19.4 Å². The highest BCUT2D eigenvalue weighted by Crippen LogP contribution is 2.11. The lowest BCUT2D eigenvalue weighted by atomic mass is 10.1. The van der Waals surface area contributed by atoms with Gasteiger partial charge in [0.1, 0.15) is 0 Å². The smallest absolute Gasteiger partial charge is 0.0573 e. The number of hydrogen-bond donors (Lipinski definition) is 0. The standard InChI is InChI=1S/C19H25N3/c1-17-6-5-10-20-19(17)16-22-14-12-21(13-15-22)11-9-18-7-3-2-4-8-18/h2-8,10H,9,11-16H2,1H3. The zero-order valence-corrected chi connectivity index (χ0v) is 13.4. The molecule has 1 saturated heterocycles. The van der Waals surface area contributed by atoms with Crippen molar-refractivity contribution in [1.29, 1.82) is 0 Å².